The molecule has 1 aliphatic carbocycles. The third-order valence-electron chi connectivity index (χ3n) is 6.70. The molecule has 2 aliphatic heterocycles. The first-order valence-corrected chi connectivity index (χ1v) is 10.9. The Morgan fingerprint density at radius 3 is 2.87 bits per heavy atom. The average molecular weight is 412 g/mol. The number of amides is 2. The molecule has 2 aromatic rings. The minimum Gasteiger partial charge on any atom is -0.378 e. The number of piperazine rings is 1. The molecule has 4 heterocycles. The van der Waals surface area contributed by atoms with E-state index in [4.69, 9.17) is 4.74 Å². The topological polar surface area (TPSA) is 92.1 Å². The summed E-state index contributed by atoms with van der Waals surface area (Å²) in [6, 6.07) is 3.95. The molecule has 1 N–H and O–H groups in total. The Morgan fingerprint density at radius 1 is 1.13 bits per heavy atom. The van der Waals surface area contributed by atoms with Gasteiger partial charge in [0.1, 0.15) is 6.33 Å². The number of morpholine rings is 1. The Balaban J connectivity index is 1.12. The molecular formula is C21H28N6O3. The van der Waals surface area contributed by atoms with Crippen LogP contribution in [0, 0.1) is 5.92 Å². The summed E-state index contributed by atoms with van der Waals surface area (Å²) in [5.41, 5.74) is 1.24. The molecule has 0 bridgehead atoms. The standard InChI is InChI=1S/C21H28N6O3/c28-20(16-5-6-27-19(11-16)22-14-23-27)24-17-3-1-15(2-4-17)21(29)26-8-7-25-9-10-30-13-18(25)12-26/h5-6,11,14-15,17-18H,1-4,7-10,12-13H2,(H,24,28). The fourth-order valence-electron chi connectivity index (χ4n) is 4.91. The minimum atomic E-state index is -0.0938. The highest BCUT2D eigenvalue weighted by Crippen LogP contribution is 2.27. The Morgan fingerprint density at radius 2 is 2.00 bits per heavy atom. The van der Waals surface area contributed by atoms with E-state index in [0.29, 0.717) is 17.3 Å². The van der Waals surface area contributed by atoms with Crippen LogP contribution in [-0.4, -0.2) is 87.7 Å². The van der Waals surface area contributed by atoms with Gasteiger partial charge >= 0.3 is 0 Å². The average Bonchev–Trinajstić information content (AvgIpc) is 3.27. The van der Waals surface area contributed by atoms with E-state index in [0.717, 1.165) is 65.1 Å². The first-order valence-electron chi connectivity index (χ1n) is 10.9. The number of pyridine rings is 1. The highest BCUT2D eigenvalue weighted by molar-refractivity contribution is 5.95. The summed E-state index contributed by atoms with van der Waals surface area (Å²) in [4.78, 5) is 34.3. The van der Waals surface area contributed by atoms with Gasteiger partial charge in [0, 0.05) is 49.9 Å². The molecule has 30 heavy (non-hydrogen) atoms. The van der Waals surface area contributed by atoms with Crippen LogP contribution in [-0.2, 0) is 9.53 Å². The molecule has 3 aliphatic rings. The number of hydrogen-bond acceptors (Lipinski definition) is 6. The molecule has 9 nitrogen and oxygen atoms in total. The number of fused-ring (bicyclic) bond motifs is 2. The van der Waals surface area contributed by atoms with Crippen LogP contribution in [0.3, 0.4) is 0 Å². The molecule has 2 amide bonds. The van der Waals surface area contributed by atoms with E-state index in [2.05, 4.69) is 20.3 Å². The Labute approximate surface area is 175 Å². The largest absolute Gasteiger partial charge is 0.378 e. The molecule has 0 radical (unpaired) electrons. The number of aromatic nitrogens is 3. The minimum absolute atomic E-state index is 0.0709. The summed E-state index contributed by atoms with van der Waals surface area (Å²) < 4.78 is 7.22. The zero-order valence-electron chi connectivity index (χ0n) is 17.1. The summed E-state index contributed by atoms with van der Waals surface area (Å²) >= 11 is 0. The maximum atomic E-state index is 13.0. The quantitative estimate of drug-likeness (QED) is 0.792. The van der Waals surface area contributed by atoms with Crippen LogP contribution in [0.1, 0.15) is 36.0 Å². The van der Waals surface area contributed by atoms with Crippen molar-refractivity contribution in [2.45, 2.75) is 37.8 Å². The van der Waals surface area contributed by atoms with Crippen molar-refractivity contribution in [1.29, 1.82) is 0 Å². The fourth-order valence-corrected chi connectivity index (χ4v) is 4.91. The smallest absolute Gasteiger partial charge is 0.251 e. The normalized spacial score (nSPS) is 27.6. The number of ether oxygens (including phenoxy) is 1. The molecule has 3 fully saturated rings. The van der Waals surface area contributed by atoms with E-state index >= 15 is 0 Å². The van der Waals surface area contributed by atoms with E-state index in [1.807, 2.05) is 4.90 Å². The molecule has 5 rings (SSSR count). The van der Waals surface area contributed by atoms with E-state index < -0.39 is 0 Å². The highest BCUT2D eigenvalue weighted by atomic mass is 16.5. The lowest BCUT2D eigenvalue weighted by molar-refractivity contribution is -0.142. The van der Waals surface area contributed by atoms with Gasteiger partial charge in [-0.25, -0.2) is 9.50 Å². The van der Waals surface area contributed by atoms with Gasteiger partial charge in [-0.15, -0.1) is 0 Å². The van der Waals surface area contributed by atoms with Gasteiger partial charge in [-0.1, -0.05) is 0 Å². The van der Waals surface area contributed by atoms with Crippen LogP contribution in [0.4, 0.5) is 0 Å². The van der Waals surface area contributed by atoms with Crippen molar-refractivity contribution < 1.29 is 14.3 Å². The van der Waals surface area contributed by atoms with E-state index in [-0.39, 0.29) is 23.8 Å². The molecule has 160 valence electrons. The molecule has 1 atom stereocenters. The second kappa shape index (κ2) is 8.31. The van der Waals surface area contributed by atoms with E-state index in [9.17, 15) is 9.59 Å². The lowest BCUT2D eigenvalue weighted by atomic mass is 9.84. The molecule has 9 heteroatoms. The second-order valence-electron chi connectivity index (χ2n) is 8.55. The van der Waals surface area contributed by atoms with Crippen molar-refractivity contribution in [3.63, 3.8) is 0 Å². The zero-order chi connectivity index (χ0) is 20.5. The maximum absolute atomic E-state index is 13.0. The van der Waals surface area contributed by atoms with E-state index in [1.54, 1.807) is 22.8 Å². The van der Waals surface area contributed by atoms with Crippen molar-refractivity contribution in [1.82, 2.24) is 29.7 Å². The fraction of sp³-hybridized carbons (Fsp3) is 0.619. The van der Waals surface area contributed by atoms with Crippen LogP contribution in [0.2, 0.25) is 0 Å². The van der Waals surface area contributed by atoms with Crippen molar-refractivity contribution in [2.75, 3.05) is 39.4 Å². The number of carbonyl (C=O) groups excluding carboxylic acids is 2. The Hall–Kier alpha value is -2.52. The number of nitrogens with zero attached hydrogens (tertiary/aromatic N) is 5. The van der Waals surface area contributed by atoms with Gasteiger partial charge in [0.05, 0.1) is 19.3 Å². The van der Waals surface area contributed by atoms with Crippen molar-refractivity contribution in [2.24, 2.45) is 5.92 Å². The predicted octanol–water partition coefficient (Wildman–Crippen LogP) is 0.561. The summed E-state index contributed by atoms with van der Waals surface area (Å²) in [5, 5.41) is 7.17. The molecule has 2 saturated heterocycles. The molecule has 1 saturated carbocycles. The summed E-state index contributed by atoms with van der Waals surface area (Å²) in [6.07, 6.45) is 6.53. The number of nitrogens with one attached hydrogen (secondary N) is 1. The number of carbonyl (C=O) groups is 2. The zero-order valence-corrected chi connectivity index (χ0v) is 17.1. The van der Waals surface area contributed by atoms with Crippen LogP contribution in [0.15, 0.2) is 24.7 Å². The van der Waals surface area contributed by atoms with Crippen LogP contribution in [0.25, 0.3) is 5.65 Å². The van der Waals surface area contributed by atoms with Crippen LogP contribution < -0.4 is 5.32 Å². The van der Waals surface area contributed by atoms with Gasteiger partial charge in [0.2, 0.25) is 5.91 Å². The number of hydrogen-bond donors (Lipinski definition) is 1. The van der Waals surface area contributed by atoms with Gasteiger partial charge in [-0.05, 0) is 37.8 Å². The van der Waals surface area contributed by atoms with Crippen LogP contribution in [0.5, 0.6) is 0 Å². The van der Waals surface area contributed by atoms with Gasteiger partial charge in [0.15, 0.2) is 5.65 Å². The summed E-state index contributed by atoms with van der Waals surface area (Å²) in [5.74, 6) is 0.257. The highest BCUT2D eigenvalue weighted by Gasteiger charge is 2.35. The summed E-state index contributed by atoms with van der Waals surface area (Å²) in [7, 11) is 0. The van der Waals surface area contributed by atoms with Crippen molar-refractivity contribution in [3.05, 3.63) is 30.2 Å². The van der Waals surface area contributed by atoms with Gasteiger partial charge in [-0.2, -0.15) is 5.10 Å². The molecule has 2 aromatic heterocycles. The first-order chi connectivity index (χ1) is 14.7. The monoisotopic (exact) mass is 412 g/mol. The lowest BCUT2D eigenvalue weighted by Gasteiger charge is -2.44. The molecule has 0 aromatic carbocycles. The Bertz CT molecular complexity index is 922. The molecule has 0 spiro atoms. The van der Waals surface area contributed by atoms with Crippen molar-refractivity contribution in [3.8, 4) is 0 Å². The number of rotatable bonds is 3. The van der Waals surface area contributed by atoms with Crippen molar-refractivity contribution >= 4 is 17.5 Å². The van der Waals surface area contributed by atoms with Gasteiger partial charge in [0.25, 0.3) is 5.91 Å². The van der Waals surface area contributed by atoms with Gasteiger partial charge in [-0.3, -0.25) is 14.5 Å². The third kappa shape index (κ3) is 3.91. The van der Waals surface area contributed by atoms with Crippen LogP contribution >= 0.6 is 0 Å². The maximum Gasteiger partial charge on any atom is 0.251 e. The molecule has 1 unspecified atom stereocenters. The first kappa shape index (κ1) is 19.4. The predicted molar refractivity (Wildman–Crippen MR) is 109 cm³/mol. The van der Waals surface area contributed by atoms with E-state index in [1.165, 1.54) is 6.33 Å². The lowest BCUT2D eigenvalue weighted by Crippen LogP contribution is -2.60. The van der Waals surface area contributed by atoms with Gasteiger partial charge < -0.3 is 15.0 Å². The SMILES string of the molecule is O=C(NC1CCC(C(=O)N2CCN3CCOCC3C2)CC1)c1ccn2ncnc2c1. The third-order valence-corrected chi connectivity index (χ3v) is 6.70. The second-order valence-corrected chi connectivity index (χ2v) is 8.55. The summed E-state index contributed by atoms with van der Waals surface area (Å²) in [6.45, 7) is 5.04. The molecular weight excluding hydrogens is 384 g/mol. The Kier molecular flexibility index (Phi) is 5.39.